The van der Waals surface area contributed by atoms with Crippen molar-refractivity contribution in [3.05, 3.63) is 53.6 Å². The molecule has 1 saturated carbocycles. The van der Waals surface area contributed by atoms with Crippen LogP contribution in [-0.4, -0.2) is 29.3 Å². The zero-order valence-corrected chi connectivity index (χ0v) is 18.0. The zero-order valence-electron chi connectivity index (χ0n) is 18.0. The van der Waals surface area contributed by atoms with Gasteiger partial charge in [0.05, 0.1) is 18.4 Å². The van der Waals surface area contributed by atoms with E-state index in [0.29, 0.717) is 0 Å². The lowest BCUT2D eigenvalue weighted by atomic mass is 9.67. The van der Waals surface area contributed by atoms with Gasteiger partial charge in [-0.2, -0.15) is 0 Å². The summed E-state index contributed by atoms with van der Waals surface area (Å²) in [6.45, 7) is 2.86. The molecule has 29 heavy (non-hydrogen) atoms. The Hall–Kier alpha value is -1.94. The van der Waals surface area contributed by atoms with Gasteiger partial charge in [-0.3, -0.25) is 9.97 Å². The second-order valence-corrected chi connectivity index (χ2v) is 9.00. The lowest BCUT2D eigenvalue weighted by Crippen LogP contribution is -2.46. The Morgan fingerprint density at radius 2 is 1.97 bits per heavy atom. The van der Waals surface area contributed by atoms with E-state index in [2.05, 4.69) is 23.2 Å². The van der Waals surface area contributed by atoms with Gasteiger partial charge in [0.2, 0.25) is 0 Å². The molecule has 2 aromatic rings. The summed E-state index contributed by atoms with van der Waals surface area (Å²) in [6, 6.07) is 8.55. The summed E-state index contributed by atoms with van der Waals surface area (Å²) < 4.78 is 11.8. The van der Waals surface area contributed by atoms with Crippen molar-refractivity contribution in [1.29, 1.82) is 0 Å². The van der Waals surface area contributed by atoms with E-state index in [1.807, 2.05) is 25.4 Å². The Bertz CT molecular complexity index is 802. The third-order valence-corrected chi connectivity index (χ3v) is 7.06. The molecule has 0 aromatic carbocycles. The van der Waals surface area contributed by atoms with E-state index < -0.39 is 0 Å². The van der Waals surface area contributed by atoms with Crippen LogP contribution in [0.2, 0.25) is 0 Å². The summed E-state index contributed by atoms with van der Waals surface area (Å²) >= 11 is 0. The average Bonchev–Trinajstić information content (AvgIpc) is 3.20. The highest BCUT2D eigenvalue weighted by Gasteiger charge is 2.48. The molecule has 1 aliphatic heterocycles. The van der Waals surface area contributed by atoms with E-state index in [0.717, 1.165) is 43.7 Å². The number of rotatable bonds is 7. The van der Waals surface area contributed by atoms with Crippen LogP contribution in [0.5, 0.6) is 5.75 Å². The standard InChI is InChI=1S/C25H34N2O2/c1-20-22(28-2)17-21(18-27-20)9-3-5-11-24(23-10-4-8-15-26-23)14-16-29-25(19-24)12-6-7-13-25/h4,8,10,15,17-18H,3,5-7,9,11-14,16,19H2,1-2H3/t24-/m1/s1. The van der Waals surface area contributed by atoms with Crippen molar-refractivity contribution in [3.8, 4) is 5.75 Å². The number of hydrogen-bond acceptors (Lipinski definition) is 4. The molecule has 1 aliphatic carbocycles. The molecule has 4 nitrogen and oxygen atoms in total. The average molecular weight is 395 g/mol. The van der Waals surface area contributed by atoms with Gasteiger partial charge in [0, 0.05) is 30.1 Å². The number of aromatic nitrogens is 2. The first-order valence-electron chi connectivity index (χ1n) is 11.2. The number of methoxy groups -OCH3 is 1. The van der Waals surface area contributed by atoms with Gasteiger partial charge in [-0.1, -0.05) is 25.3 Å². The van der Waals surface area contributed by atoms with Gasteiger partial charge in [0.15, 0.2) is 0 Å². The maximum atomic E-state index is 6.37. The minimum atomic E-state index is 0.101. The number of unbranched alkanes of at least 4 members (excludes halogenated alkanes) is 1. The Morgan fingerprint density at radius 1 is 1.10 bits per heavy atom. The summed E-state index contributed by atoms with van der Waals surface area (Å²) in [5, 5.41) is 0. The Balaban J connectivity index is 1.44. The smallest absolute Gasteiger partial charge is 0.140 e. The highest BCUT2D eigenvalue weighted by Crippen LogP contribution is 2.50. The molecule has 2 aromatic heterocycles. The molecule has 156 valence electrons. The Morgan fingerprint density at radius 3 is 2.72 bits per heavy atom. The van der Waals surface area contributed by atoms with Crippen LogP contribution in [0.4, 0.5) is 0 Å². The van der Waals surface area contributed by atoms with Crippen LogP contribution in [-0.2, 0) is 16.6 Å². The predicted molar refractivity (Wildman–Crippen MR) is 115 cm³/mol. The molecule has 0 amide bonds. The molecule has 2 aliphatic rings. The maximum Gasteiger partial charge on any atom is 0.140 e. The number of hydrogen-bond donors (Lipinski definition) is 0. The summed E-state index contributed by atoms with van der Waals surface area (Å²) in [6.07, 6.45) is 15.8. The van der Waals surface area contributed by atoms with Crippen molar-refractivity contribution >= 4 is 0 Å². The molecule has 1 spiro atoms. The fourth-order valence-electron chi connectivity index (χ4n) is 5.49. The third kappa shape index (κ3) is 4.48. The molecule has 0 bridgehead atoms. The Labute approximate surface area is 175 Å². The van der Waals surface area contributed by atoms with Crippen molar-refractivity contribution in [1.82, 2.24) is 9.97 Å². The molecule has 2 fully saturated rings. The SMILES string of the molecule is COc1cc(CCCC[C@@]2(c3ccccn3)CCOC3(CCCC3)C2)cnc1C. The zero-order chi connectivity index (χ0) is 20.2. The van der Waals surface area contributed by atoms with Gasteiger partial charge < -0.3 is 9.47 Å². The van der Waals surface area contributed by atoms with Crippen LogP contribution in [0.15, 0.2) is 36.7 Å². The topological polar surface area (TPSA) is 44.2 Å². The third-order valence-electron chi connectivity index (χ3n) is 7.06. The van der Waals surface area contributed by atoms with E-state index in [1.165, 1.54) is 49.8 Å². The van der Waals surface area contributed by atoms with E-state index in [-0.39, 0.29) is 11.0 Å². The van der Waals surface area contributed by atoms with Crippen molar-refractivity contribution in [2.24, 2.45) is 0 Å². The van der Waals surface area contributed by atoms with Crippen LogP contribution in [0.25, 0.3) is 0 Å². The van der Waals surface area contributed by atoms with E-state index in [9.17, 15) is 0 Å². The highest BCUT2D eigenvalue weighted by atomic mass is 16.5. The fraction of sp³-hybridized carbons (Fsp3) is 0.600. The van der Waals surface area contributed by atoms with E-state index >= 15 is 0 Å². The van der Waals surface area contributed by atoms with E-state index in [1.54, 1.807) is 7.11 Å². The van der Waals surface area contributed by atoms with Gasteiger partial charge >= 0.3 is 0 Å². The molecular weight excluding hydrogens is 360 g/mol. The monoisotopic (exact) mass is 394 g/mol. The lowest BCUT2D eigenvalue weighted by Gasteiger charge is -2.46. The van der Waals surface area contributed by atoms with E-state index in [4.69, 9.17) is 14.5 Å². The summed E-state index contributed by atoms with van der Waals surface area (Å²) in [5.74, 6) is 0.889. The van der Waals surface area contributed by atoms with Crippen molar-refractivity contribution in [3.63, 3.8) is 0 Å². The molecule has 4 heteroatoms. The predicted octanol–water partition coefficient (Wildman–Crippen LogP) is 5.57. The number of pyridine rings is 2. The van der Waals surface area contributed by atoms with Gasteiger partial charge in [0.25, 0.3) is 0 Å². The van der Waals surface area contributed by atoms with Crippen molar-refractivity contribution in [2.75, 3.05) is 13.7 Å². The maximum absolute atomic E-state index is 6.37. The van der Waals surface area contributed by atoms with Gasteiger partial charge in [0.1, 0.15) is 5.75 Å². The largest absolute Gasteiger partial charge is 0.495 e. The Kier molecular flexibility index (Phi) is 6.19. The molecule has 1 atom stereocenters. The van der Waals surface area contributed by atoms with Crippen LogP contribution in [0.1, 0.15) is 74.7 Å². The second-order valence-electron chi connectivity index (χ2n) is 9.00. The first kappa shape index (κ1) is 20.3. The summed E-state index contributed by atoms with van der Waals surface area (Å²) in [7, 11) is 1.72. The normalized spacial score (nSPS) is 23.4. The fourth-order valence-corrected chi connectivity index (χ4v) is 5.49. The molecule has 0 N–H and O–H groups in total. The number of nitrogens with zero attached hydrogens (tertiary/aromatic N) is 2. The highest BCUT2D eigenvalue weighted by molar-refractivity contribution is 5.30. The van der Waals surface area contributed by atoms with Crippen LogP contribution < -0.4 is 4.74 Å². The van der Waals surface area contributed by atoms with Crippen LogP contribution in [0.3, 0.4) is 0 Å². The molecule has 0 unspecified atom stereocenters. The van der Waals surface area contributed by atoms with Crippen molar-refractivity contribution < 1.29 is 9.47 Å². The molecule has 3 heterocycles. The summed E-state index contributed by atoms with van der Waals surface area (Å²) in [4.78, 5) is 9.29. The minimum Gasteiger partial charge on any atom is -0.495 e. The molecule has 0 radical (unpaired) electrons. The lowest BCUT2D eigenvalue weighted by molar-refractivity contribution is -0.104. The quantitative estimate of drug-likeness (QED) is 0.576. The molecule has 4 rings (SSSR count). The molecular formula is C25H34N2O2. The van der Waals surface area contributed by atoms with Crippen LogP contribution >= 0.6 is 0 Å². The van der Waals surface area contributed by atoms with Gasteiger partial charge in [-0.15, -0.1) is 0 Å². The first-order valence-corrected chi connectivity index (χ1v) is 11.2. The second kappa shape index (κ2) is 8.83. The van der Waals surface area contributed by atoms with Crippen molar-refractivity contribution in [2.45, 2.75) is 82.1 Å². The van der Waals surface area contributed by atoms with Gasteiger partial charge in [-0.25, -0.2) is 0 Å². The van der Waals surface area contributed by atoms with Gasteiger partial charge in [-0.05, 0) is 75.6 Å². The summed E-state index contributed by atoms with van der Waals surface area (Å²) in [5.41, 5.74) is 3.75. The first-order chi connectivity index (χ1) is 14.1. The minimum absolute atomic E-state index is 0.101. The number of ether oxygens (including phenoxy) is 2. The number of aryl methyl sites for hydroxylation is 2. The van der Waals surface area contributed by atoms with Crippen LogP contribution in [0, 0.1) is 6.92 Å². The molecule has 1 saturated heterocycles.